The third-order valence-corrected chi connectivity index (χ3v) is 15.7. The Hall–Kier alpha value is -1.25. The number of hydrogen-bond donors (Lipinski definition) is 0. The maximum atomic E-state index is 12.7. The van der Waals surface area contributed by atoms with Crippen LogP contribution in [0.25, 0.3) is 0 Å². The number of unbranched alkanes of at least 4 members (excludes halogenated alkanes) is 45. The van der Waals surface area contributed by atoms with Crippen molar-refractivity contribution in [3.05, 3.63) is 12.2 Å². The molecule has 10 heteroatoms. The van der Waals surface area contributed by atoms with E-state index >= 15 is 0 Å². The molecule has 0 bridgehead atoms. The van der Waals surface area contributed by atoms with Gasteiger partial charge in [-0.15, -0.1) is 0 Å². The van der Waals surface area contributed by atoms with Gasteiger partial charge < -0.3 is 27.9 Å². The van der Waals surface area contributed by atoms with Crippen LogP contribution in [0.2, 0.25) is 0 Å². The average Bonchev–Trinajstić information content (AvgIpc) is 3.36. The molecule has 0 rings (SSSR count). The predicted molar refractivity (Wildman–Crippen MR) is 315 cm³/mol. The van der Waals surface area contributed by atoms with Crippen molar-refractivity contribution in [1.29, 1.82) is 0 Å². The van der Waals surface area contributed by atoms with Gasteiger partial charge in [-0.05, 0) is 32.1 Å². The van der Waals surface area contributed by atoms with E-state index in [0.717, 1.165) is 57.8 Å². The van der Waals surface area contributed by atoms with Crippen LogP contribution in [-0.4, -0.2) is 70.0 Å². The minimum absolute atomic E-state index is 0.0291. The number of hydrogen-bond acceptors (Lipinski definition) is 8. The topological polar surface area (TPSA) is 111 Å². The second-order valence-corrected chi connectivity index (χ2v) is 24.9. The van der Waals surface area contributed by atoms with Gasteiger partial charge in [0.2, 0.25) is 0 Å². The number of carbonyl (C=O) groups excluding carboxylic acids is 2. The number of nitrogens with zero attached hydrogens (tertiary/aromatic N) is 1. The van der Waals surface area contributed by atoms with Crippen molar-refractivity contribution in [1.82, 2.24) is 0 Å². The van der Waals surface area contributed by atoms with Crippen molar-refractivity contribution in [2.24, 2.45) is 0 Å². The van der Waals surface area contributed by atoms with Gasteiger partial charge in [0.15, 0.2) is 6.10 Å². The quantitative estimate of drug-likeness (QED) is 0.0195. The summed E-state index contributed by atoms with van der Waals surface area (Å²) >= 11 is 0. The van der Waals surface area contributed by atoms with Gasteiger partial charge in [0.25, 0.3) is 7.82 Å². The molecule has 74 heavy (non-hydrogen) atoms. The monoisotopic (exact) mass is 1070 g/mol. The zero-order valence-corrected chi connectivity index (χ0v) is 51.0. The lowest BCUT2D eigenvalue weighted by molar-refractivity contribution is -0.870. The molecular weight excluding hydrogens is 942 g/mol. The summed E-state index contributed by atoms with van der Waals surface area (Å²) in [6, 6.07) is 0. The van der Waals surface area contributed by atoms with Crippen LogP contribution in [-0.2, 0) is 32.7 Å². The Kier molecular flexibility index (Phi) is 55.5. The summed E-state index contributed by atoms with van der Waals surface area (Å²) in [5.41, 5.74) is 0. The molecule has 0 aliphatic rings. The molecule has 2 atom stereocenters. The number of rotatable bonds is 61. The van der Waals surface area contributed by atoms with Gasteiger partial charge in [0.05, 0.1) is 27.7 Å². The largest absolute Gasteiger partial charge is 0.756 e. The van der Waals surface area contributed by atoms with Gasteiger partial charge >= 0.3 is 11.9 Å². The molecule has 0 heterocycles. The second kappa shape index (κ2) is 56.5. The maximum absolute atomic E-state index is 12.7. The third kappa shape index (κ3) is 60.0. The molecule has 0 fully saturated rings. The highest BCUT2D eigenvalue weighted by molar-refractivity contribution is 7.45. The molecule has 0 radical (unpaired) electrons. The number of esters is 2. The number of quaternary nitrogens is 1. The van der Waals surface area contributed by atoms with Crippen LogP contribution in [0.3, 0.4) is 0 Å². The smallest absolute Gasteiger partial charge is 0.306 e. The van der Waals surface area contributed by atoms with Crippen LogP contribution in [0, 0.1) is 0 Å². The van der Waals surface area contributed by atoms with Crippen LogP contribution in [0.15, 0.2) is 12.2 Å². The van der Waals surface area contributed by atoms with Crippen molar-refractivity contribution in [2.75, 3.05) is 47.5 Å². The van der Waals surface area contributed by atoms with Crippen LogP contribution in [0.4, 0.5) is 0 Å². The number of likely N-dealkylation sites (N-methyl/N-ethyl adjacent to an activating group) is 1. The summed E-state index contributed by atoms with van der Waals surface area (Å²) in [5.74, 6) is -0.829. The normalized spacial score (nSPS) is 13.2. The average molecular weight is 1070 g/mol. The predicted octanol–water partition coefficient (Wildman–Crippen LogP) is 19.8. The molecule has 0 aromatic heterocycles. The van der Waals surface area contributed by atoms with Crippen molar-refractivity contribution < 1.29 is 42.1 Å². The van der Waals surface area contributed by atoms with Crippen LogP contribution in [0.5, 0.6) is 0 Å². The van der Waals surface area contributed by atoms with Gasteiger partial charge in [-0.2, -0.15) is 0 Å². The summed E-state index contributed by atoms with van der Waals surface area (Å²) in [7, 11) is 1.18. The molecule has 0 amide bonds. The molecule has 2 unspecified atom stereocenters. The molecular formula is C64H126NO8P. The van der Waals surface area contributed by atoms with Crippen molar-refractivity contribution in [3.63, 3.8) is 0 Å². The van der Waals surface area contributed by atoms with Gasteiger partial charge in [0.1, 0.15) is 19.8 Å². The fourth-order valence-corrected chi connectivity index (χ4v) is 10.5. The summed E-state index contributed by atoms with van der Waals surface area (Å²) in [6.45, 7) is 4.23. The van der Waals surface area contributed by atoms with Crippen molar-refractivity contribution in [3.8, 4) is 0 Å². The number of carbonyl (C=O) groups is 2. The summed E-state index contributed by atoms with van der Waals surface area (Å²) in [4.78, 5) is 37.7. The zero-order chi connectivity index (χ0) is 54.2. The van der Waals surface area contributed by atoms with E-state index in [-0.39, 0.29) is 32.0 Å². The van der Waals surface area contributed by atoms with Crippen molar-refractivity contribution in [2.45, 2.75) is 341 Å². The SMILES string of the molecule is CCCC/C=C\CCCCCCCC(=O)OC(COC(=O)CCCCCCCCCCCCCCCCCCCCCCCCCCCCCCCCCCCCCCCCC)COP(=O)([O-])OCC[N+](C)(C)C. The molecule has 0 aromatic rings. The van der Waals surface area contributed by atoms with Gasteiger partial charge in [0, 0.05) is 12.8 Å². The van der Waals surface area contributed by atoms with E-state index in [0.29, 0.717) is 17.4 Å². The fraction of sp³-hybridized carbons (Fsp3) is 0.938. The van der Waals surface area contributed by atoms with E-state index < -0.39 is 26.5 Å². The maximum Gasteiger partial charge on any atom is 0.306 e. The molecule has 0 N–H and O–H groups in total. The van der Waals surface area contributed by atoms with Crippen molar-refractivity contribution >= 4 is 19.8 Å². The first-order chi connectivity index (χ1) is 36.0. The van der Waals surface area contributed by atoms with Gasteiger partial charge in [-0.1, -0.05) is 302 Å². The molecule has 9 nitrogen and oxygen atoms in total. The first-order valence-electron chi connectivity index (χ1n) is 32.4. The summed E-state index contributed by atoms with van der Waals surface area (Å²) in [5, 5.41) is 0. The minimum Gasteiger partial charge on any atom is -0.756 e. The molecule has 0 aromatic carbocycles. The van der Waals surface area contributed by atoms with Crippen LogP contribution >= 0.6 is 7.82 Å². The van der Waals surface area contributed by atoms with E-state index in [9.17, 15) is 19.0 Å². The lowest BCUT2D eigenvalue weighted by atomic mass is 10.0. The Bertz CT molecular complexity index is 1260. The van der Waals surface area contributed by atoms with E-state index in [1.807, 2.05) is 21.1 Å². The first kappa shape index (κ1) is 72.8. The highest BCUT2D eigenvalue weighted by Crippen LogP contribution is 2.38. The van der Waals surface area contributed by atoms with E-state index in [2.05, 4.69) is 26.0 Å². The van der Waals surface area contributed by atoms with E-state index in [4.69, 9.17) is 18.5 Å². The second-order valence-electron chi connectivity index (χ2n) is 23.5. The minimum atomic E-state index is -4.63. The highest BCUT2D eigenvalue weighted by atomic mass is 31.2. The van der Waals surface area contributed by atoms with Crippen LogP contribution in [0.1, 0.15) is 335 Å². The number of phosphoric ester groups is 1. The molecule has 0 saturated heterocycles. The molecule has 0 aliphatic carbocycles. The lowest BCUT2D eigenvalue weighted by Crippen LogP contribution is -2.37. The Morgan fingerprint density at radius 2 is 0.703 bits per heavy atom. The van der Waals surface area contributed by atoms with Gasteiger partial charge in [-0.25, -0.2) is 0 Å². The Morgan fingerprint density at radius 1 is 0.405 bits per heavy atom. The number of ether oxygens (including phenoxy) is 2. The third-order valence-electron chi connectivity index (χ3n) is 14.8. The molecule has 0 aliphatic heterocycles. The standard InChI is InChI=1S/C64H126NO8P/c1-6-8-10-12-14-16-18-19-20-21-22-23-24-25-26-27-28-29-30-31-32-33-34-35-36-37-38-39-40-41-42-43-44-45-47-48-50-52-54-56-63(66)70-60-62(61-72-74(68,69)71-59-58-65(3,4)5)73-64(67)57-55-53-51-49-46-17-15-13-11-9-7-2/h13,15,62H,6-12,14,16-61H2,1-5H3/b15-13-. The van der Waals surface area contributed by atoms with Crippen LogP contribution < -0.4 is 4.89 Å². The Balaban J connectivity index is 3.76. The summed E-state index contributed by atoms with van der Waals surface area (Å²) in [6.07, 6.45) is 67.6. The highest BCUT2D eigenvalue weighted by Gasteiger charge is 2.22. The fourth-order valence-electron chi connectivity index (χ4n) is 9.76. The first-order valence-corrected chi connectivity index (χ1v) is 33.9. The Labute approximate surface area is 460 Å². The lowest BCUT2D eigenvalue weighted by Gasteiger charge is -2.28. The molecule has 0 spiro atoms. The van der Waals surface area contributed by atoms with Gasteiger partial charge in [-0.3, -0.25) is 14.2 Å². The molecule has 440 valence electrons. The Morgan fingerprint density at radius 3 is 1.04 bits per heavy atom. The number of allylic oxidation sites excluding steroid dienone is 2. The zero-order valence-electron chi connectivity index (χ0n) is 50.1. The van der Waals surface area contributed by atoms with E-state index in [1.165, 1.54) is 244 Å². The molecule has 0 saturated carbocycles. The summed E-state index contributed by atoms with van der Waals surface area (Å²) < 4.78 is 34.1. The van der Waals surface area contributed by atoms with E-state index in [1.54, 1.807) is 0 Å². The number of phosphoric acid groups is 1.